The van der Waals surface area contributed by atoms with Gasteiger partial charge in [-0.1, -0.05) is 0 Å². The fraction of sp³-hybridized carbons (Fsp3) is 1.00. The van der Waals surface area contributed by atoms with Crippen LogP contribution in [0.15, 0.2) is 0 Å². The lowest BCUT2D eigenvalue weighted by atomic mass is 9.59. The van der Waals surface area contributed by atoms with Gasteiger partial charge in [0.15, 0.2) is 0 Å². The van der Waals surface area contributed by atoms with Crippen LogP contribution >= 0.6 is 0 Å². The Balaban J connectivity index is 1.58. The van der Waals surface area contributed by atoms with Gasteiger partial charge in [-0.05, 0) is 83.9 Å². The van der Waals surface area contributed by atoms with Crippen LogP contribution in [0.2, 0.25) is 0 Å². The van der Waals surface area contributed by atoms with E-state index < -0.39 is 0 Å². The molecule has 7 fully saturated rings. The molecule has 7 aliphatic carbocycles. The first-order valence-electron chi connectivity index (χ1n) is 8.17. The number of aliphatic hydroxyl groups is 2. The van der Waals surface area contributed by atoms with Crippen molar-refractivity contribution in [1.82, 2.24) is 0 Å². The molecule has 0 spiro atoms. The number of rotatable bonds is 0. The molecule has 0 saturated heterocycles. The van der Waals surface area contributed by atoms with Crippen molar-refractivity contribution in [1.29, 1.82) is 0 Å². The molecule has 0 bridgehead atoms. The van der Waals surface area contributed by atoms with E-state index in [4.69, 9.17) is 0 Å². The Morgan fingerprint density at radius 1 is 0.444 bits per heavy atom. The summed E-state index contributed by atoms with van der Waals surface area (Å²) in [5, 5.41) is 21.6. The highest BCUT2D eigenvalue weighted by molar-refractivity contribution is 5.33. The quantitative estimate of drug-likeness (QED) is 0.667. The summed E-state index contributed by atoms with van der Waals surface area (Å²) in [6, 6.07) is 0. The summed E-state index contributed by atoms with van der Waals surface area (Å²) in [4.78, 5) is 0. The van der Waals surface area contributed by atoms with Gasteiger partial charge in [-0.25, -0.2) is 0 Å². The first kappa shape index (κ1) is 8.97. The van der Waals surface area contributed by atoms with Crippen LogP contribution in [0.5, 0.6) is 0 Å². The van der Waals surface area contributed by atoms with Crippen LogP contribution in [0, 0.1) is 71.0 Å². The Hall–Kier alpha value is -0.0800. The maximum absolute atomic E-state index is 10.8. The zero-order valence-electron chi connectivity index (χ0n) is 10.4. The highest BCUT2D eigenvalue weighted by atomic mass is 16.3. The van der Waals surface area contributed by atoms with E-state index in [1.54, 1.807) is 0 Å². The van der Waals surface area contributed by atoms with Crippen LogP contribution in [0.4, 0.5) is 0 Å². The highest BCUT2D eigenvalue weighted by Crippen LogP contribution is 2.87. The molecule has 2 N–H and O–H groups in total. The minimum Gasteiger partial charge on any atom is -0.393 e. The minimum atomic E-state index is -0.0371. The van der Waals surface area contributed by atoms with Gasteiger partial charge in [-0.15, -0.1) is 0 Å². The molecule has 2 nitrogen and oxygen atoms in total. The van der Waals surface area contributed by atoms with Gasteiger partial charge in [0.2, 0.25) is 0 Å². The third-order valence-electron chi connectivity index (χ3n) is 9.28. The van der Waals surface area contributed by atoms with Crippen molar-refractivity contribution in [2.75, 3.05) is 0 Å². The summed E-state index contributed by atoms with van der Waals surface area (Å²) in [5.41, 5.74) is 0. The molecule has 0 heterocycles. The van der Waals surface area contributed by atoms with Gasteiger partial charge in [0.1, 0.15) is 0 Å². The van der Waals surface area contributed by atoms with Crippen molar-refractivity contribution in [3.63, 3.8) is 0 Å². The molecule has 0 aromatic heterocycles. The maximum Gasteiger partial charge on any atom is 0.0608 e. The second-order valence-corrected chi connectivity index (χ2v) is 8.66. The molecule has 0 amide bonds. The van der Waals surface area contributed by atoms with Crippen molar-refractivity contribution in [2.45, 2.75) is 25.0 Å². The van der Waals surface area contributed by atoms with Gasteiger partial charge in [0.05, 0.1) is 12.2 Å². The van der Waals surface area contributed by atoms with Crippen LogP contribution in [0.25, 0.3) is 0 Å². The number of hydrogen-bond donors (Lipinski definition) is 2. The molecule has 0 aliphatic heterocycles. The summed E-state index contributed by atoms with van der Waals surface area (Å²) in [6.07, 6.45) is 2.67. The molecule has 2 heteroatoms. The largest absolute Gasteiger partial charge is 0.393 e. The molecule has 0 aromatic rings. The summed E-state index contributed by atoms with van der Waals surface area (Å²) in [7, 11) is 0. The van der Waals surface area contributed by atoms with Crippen molar-refractivity contribution in [3.8, 4) is 0 Å². The number of hydrogen-bond acceptors (Lipinski definition) is 2. The molecule has 14 atom stereocenters. The highest BCUT2D eigenvalue weighted by Gasteiger charge is 2.86. The third-order valence-corrected chi connectivity index (χ3v) is 9.28. The van der Waals surface area contributed by atoms with Gasteiger partial charge < -0.3 is 10.2 Å². The first-order chi connectivity index (χ1) is 8.80. The molecule has 18 heavy (non-hydrogen) atoms. The van der Waals surface area contributed by atoms with Crippen LogP contribution in [0.1, 0.15) is 12.8 Å². The van der Waals surface area contributed by atoms with Gasteiger partial charge in [0, 0.05) is 0 Å². The number of fused-ring (bicyclic) bond motifs is 3. The second-order valence-electron chi connectivity index (χ2n) is 8.66. The van der Waals surface area contributed by atoms with E-state index in [0.29, 0.717) is 23.7 Å². The summed E-state index contributed by atoms with van der Waals surface area (Å²) in [6.45, 7) is 0. The van der Waals surface area contributed by atoms with E-state index in [1.807, 2.05) is 0 Å². The lowest BCUT2D eigenvalue weighted by Crippen LogP contribution is -2.49. The Bertz CT molecular complexity index is 431. The average molecular weight is 244 g/mol. The van der Waals surface area contributed by atoms with E-state index in [1.165, 1.54) is 12.8 Å². The summed E-state index contributed by atoms with van der Waals surface area (Å²) >= 11 is 0. The Kier molecular flexibility index (Phi) is 1.11. The monoisotopic (exact) mass is 244 g/mol. The first-order valence-corrected chi connectivity index (χ1v) is 8.17. The van der Waals surface area contributed by atoms with Gasteiger partial charge in [-0.2, -0.15) is 0 Å². The fourth-order valence-corrected chi connectivity index (χ4v) is 9.73. The van der Waals surface area contributed by atoms with E-state index in [2.05, 4.69) is 0 Å². The lowest BCUT2D eigenvalue weighted by molar-refractivity contribution is -0.0896. The van der Waals surface area contributed by atoms with Crippen molar-refractivity contribution in [3.05, 3.63) is 0 Å². The Morgan fingerprint density at radius 3 is 1.33 bits per heavy atom. The SMILES string of the molecule is O[C@@H]1[C@@H]2[C@H]3[C@H](O)[C@H]4[C@H]5C6C7[C@H]4CC[C@@H]7[C@H]1[C@H]6[C@@H]2[C@@H]53. The third kappa shape index (κ3) is 0.541. The van der Waals surface area contributed by atoms with E-state index >= 15 is 0 Å². The van der Waals surface area contributed by atoms with Gasteiger partial charge in [0.25, 0.3) is 0 Å². The Morgan fingerprint density at radius 2 is 0.833 bits per heavy atom. The summed E-state index contributed by atoms with van der Waals surface area (Å²) in [5.74, 6) is 9.38. The van der Waals surface area contributed by atoms with Crippen LogP contribution in [-0.2, 0) is 0 Å². The fourth-order valence-electron chi connectivity index (χ4n) is 9.73. The van der Waals surface area contributed by atoms with E-state index in [0.717, 1.165) is 47.3 Å². The molecule has 0 radical (unpaired) electrons. The maximum atomic E-state index is 10.8. The van der Waals surface area contributed by atoms with Crippen molar-refractivity contribution >= 4 is 0 Å². The topological polar surface area (TPSA) is 40.5 Å². The van der Waals surface area contributed by atoms with Crippen molar-refractivity contribution < 1.29 is 10.2 Å². The van der Waals surface area contributed by atoms with Crippen LogP contribution in [-0.4, -0.2) is 22.4 Å². The second kappa shape index (κ2) is 2.22. The molecule has 7 aliphatic rings. The molecule has 96 valence electrons. The standard InChI is InChI=1S/C16H20O2/c17-15-6-3-1-2-4-5(3)8-9(6)11-12-10(8)7(4)16(18)14(12)13(11)15/h3-18H,1-2H2/t3-,4+,5?,6-,7+,8?,9+,10-,11-,12-,13+,14+,15-,16+/m1/s1. The zero-order valence-corrected chi connectivity index (χ0v) is 10.4. The van der Waals surface area contributed by atoms with Gasteiger partial charge in [-0.3, -0.25) is 0 Å². The molecule has 7 saturated carbocycles. The minimum absolute atomic E-state index is 0.0371. The van der Waals surface area contributed by atoms with E-state index in [9.17, 15) is 10.2 Å². The lowest BCUT2D eigenvalue weighted by Gasteiger charge is -2.47. The van der Waals surface area contributed by atoms with Crippen LogP contribution < -0.4 is 0 Å². The molecule has 7 rings (SSSR count). The smallest absolute Gasteiger partial charge is 0.0608 e. The van der Waals surface area contributed by atoms with Gasteiger partial charge >= 0.3 is 0 Å². The molecular weight excluding hydrogens is 224 g/mol. The predicted molar refractivity (Wildman–Crippen MR) is 63.1 cm³/mol. The molecular formula is C16H20O2. The van der Waals surface area contributed by atoms with Crippen molar-refractivity contribution in [2.24, 2.45) is 71.0 Å². The van der Waals surface area contributed by atoms with E-state index in [-0.39, 0.29) is 12.2 Å². The predicted octanol–water partition coefficient (Wildman–Crippen LogP) is 0.978. The number of aliphatic hydroxyl groups excluding tert-OH is 2. The normalized spacial score (nSPS) is 87.0. The molecule has 2 unspecified atom stereocenters. The average Bonchev–Trinajstić information content (AvgIpc) is 2.98. The molecule has 0 aromatic carbocycles. The summed E-state index contributed by atoms with van der Waals surface area (Å²) < 4.78 is 0. The zero-order chi connectivity index (χ0) is 11.5. The van der Waals surface area contributed by atoms with Crippen LogP contribution in [0.3, 0.4) is 0 Å². The Labute approximate surface area is 107 Å².